The van der Waals surface area contributed by atoms with Crippen molar-refractivity contribution >= 4 is 17.5 Å². The molecule has 4 saturated carbocycles. The van der Waals surface area contributed by atoms with Crippen LogP contribution in [0.2, 0.25) is 5.02 Å². The highest BCUT2D eigenvalue weighted by atomic mass is 35.5. The first-order valence-electron chi connectivity index (χ1n) is 11.8. The van der Waals surface area contributed by atoms with E-state index >= 15 is 0 Å². The maximum absolute atomic E-state index is 13.0. The summed E-state index contributed by atoms with van der Waals surface area (Å²) in [5.74, 6) is 2.75. The van der Waals surface area contributed by atoms with E-state index in [2.05, 4.69) is 23.6 Å². The Bertz CT molecular complexity index is 681. The van der Waals surface area contributed by atoms with Crippen LogP contribution in [-0.4, -0.2) is 25.5 Å². The molecule has 5 rings (SSSR count). The largest absolute Gasteiger partial charge is 0.351 e. The molecule has 0 saturated heterocycles. The van der Waals surface area contributed by atoms with Crippen molar-refractivity contribution in [2.45, 2.75) is 71.1 Å². The molecule has 0 heterocycles. The topological polar surface area (TPSA) is 41.1 Å². The summed E-state index contributed by atoms with van der Waals surface area (Å²) < 4.78 is 0. The first kappa shape index (κ1) is 21.2. The van der Waals surface area contributed by atoms with Crippen molar-refractivity contribution in [3.8, 4) is 0 Å². The number of carbonyl (C=O) groups excluding carboxylic acids is 1. The second-order valence-corrected chi connectivity index (χ2v) is 10.5. The molecule has 1 aromatic rings. The number of benzene rings is 1. The number of carbonyl (C=O) groups is 1. The lowest BCUT2D eigenvalue weighted by atomic mass is 9.49. The molecule has 2 N–H and O–H groups in total. The van der Waals surface area contributed by atoms with Gasteiger partial charge in [-0.2, -0.15) is 0 Å². The number of aryl methyl sites for hydroxylation is 1. The molecule has 29 heavy (non-hydrogen) atoms. The molecular formula is C25H37ClN2O. The Kier molecular flexibility index (Phi) is 6.86. The zero-order chi connectivity index (χ0) is 20.3. The van der Waals surface area contributed by atoms with Crippen molar-refractivity contribution in [3.63, 3.8) is 0 Å². The van der Waals surface area contributed by atoms with Crippen LogP contribution in [-0.2, 0) is 6.42 Å². The quantitative estimate of drug-likeness (QED) is 0.487. The number of unbranched alkanes of at least 4 members (excludes halogenated alkanes) is 1. The smallest absolute Gasteiger partial charge is 0.252 e. The Morgan fingerprint density at radius 3 is 2.38 bits per heavy atom. The lowest BCUT2D eigenvalue weighted by molar-refractivity contribution is -0.0503. The van der Waals surface area contributed by atoms with Gasteiger partial charge >= 0.3 is 0 Å². The highest BCUT2D eigenvalue weighted by molar-refractivity contribution is 6.33. The van der Waals surface area contributed by atoms with E-state index in [1.807, 2.05) is 12.1 Å². The molecular weight excluding hydrogens is 380 g/mol. The molecule has 0 aliphatic heterocycles. The SMILES string of the molecule is CCCCNCCCc1ccc(Cl)c(C(=O)NCC23CC4CC(CC(C4)C2)C3)c1. The van der Waals surface area contributed by atoms with Crippen LogP contribution in [0.5, 0.6) is 0 Å². The minimum absolute atomic E-state index is 0.00802. The van der Waals surface area contributed by atoms with Crippen LogP contribution in [0.4, 0.5) is 0 Å². The van der Waals surface area contributed by atoms with Gasteiger partial charge in [0.05, 0.1) is 10.6 Å². The summed E-state index contributed by atoms with van der Waals surface area (Å²) in [4.78, 5) is 13.0. The van der Waals surface area contributed by atoms with E-state index in [-0.39, 0.29) is 5.91 Å². The van der Waals surface area contributed by atoms with E-state index in [9.17, 15) is 4.79 Å². The fourth-order valence-corrected chi connectivity index (χ4v) is 6.82. The lowest BCUT2D eigenvalue weighted by Gasteiger charge is -2.56. The summed E-state index contributed by atoms with van der Waals surface area (Å²) in [7, 11) is 0. The zero-order valence-corrected chi connectivity index (χ0v) is 18.7. The fraction of sp³-hybridized carbons (Fsp3) is 0.720. The van der Waals surface area contributed by atoms with Crippen LogP contribution in [0.1, 0.15) is 80.6 Å². The molecule has 0 unspecified atom stereocenters. The summed E-state index contributed by atoms with van der Waals surface area (Å²) >= 11 is 6.39. The van der Waals surface area contributed by atoms with Gasteiger partial charge in [-0.1, -0.05) is 31.0 Å². The molecule has 4 aliphatic carbocycles. The molecule has 3 nitrogen and oxygen atoms in total. The minimum atomic E-state index is 0.00802. The van der Waals surface area contributed by atoms with Crippen LogP contribution in [0.25, 0.3) is 0 Å². The average Bonchev–Trinajstić information content (AvgIpc) is 2.69. The van der Waals surface area contributed by atoms with Gasteiger partial charge in [-0.15, -0.1) is 0 Å². The molecule has 1 amide bonds. The highest BCUT2D eigenvalue weighted by Gasteiger charge is 2.50. The molecule has 4 fully saturated rings. The summed E-state index contributed by atoms with van der Waals surface area (Å²) in [6.07, 6.45) is 12.8. The molecule has 0 radical (unpaired) electrons. The van der Waals surface area contributed by atoms with Gasteiger partial charge < -0.3 is 10.6 Å². The van der Waals surface area contributed by atoms with Crippen LogP contribution < -0.4 is 10.6 Å². The normalized spacial score (nSPS) is 29.9. The second-order valence-electron chi connectivity index (χ2n) is 10.1. The first-order valence-corrected chi connectivity index (χ1v) is 12.2. The number of amides is 1. The standard InChI is InChI=1S/C25H37ClN2O/c1-2-3-8-27-9-4-5-18-6-7-23(26)22(13-18)24(29)28-17-25-14-19-10-20(15-25)12-21(11-19)16-25/h6-7,13,19-21,27H,2-5,8-12,14-17H2,1H3,(H,28,29). The van der Waals surface area contributed by atoms with Crippen LogP contribution in [0.15, 0.2) is 18.2 Å². The van der Waals surface area contributed by atoms with Gasteiger partial charge in [0.2, 0.25) is 0 Å². The number of rotatable bonds is 10. The second kappa shape index (κ2) is 9.39. The van der Waals surface area contributed by atoms with Gasteiger partial charge in [-0.3, -0.25) is 4.79 Å². The van der Waals surface area contributed by atoms with Crippen molar-refractivity contribution in [1.29, 1.82) is 0 Å². The third-order valence-electron chi connectivity index (χ3n) is 7.59. The summed E-state index contributed by atoms with van der Waals surface area (Å²) in [6.45, 7) is 5.16. The van der Waals surface area contributed by atoms with E-state index in [1.54, 1.807) is 0 Å². The molecule has 4 bridgehead atoms. The van der Waals surface area contributed by atoms with Gasteiger partial charge in [0, 0.05) is 6.54 Å². The van der Waals surface area contributed by atoms with Crippen LogP contribution >= 0.6 is 11.6 Å². The Morgan fingerprint density at radius 2 is 1.72 bits per heavy atom. The van der Waals surface area contributed by atoms with E-state index in [0.29, 0.717) is 16.0 Å². The molecule has 4 heteroatoms. The van der Waals surface area contributed by atoms with E-state index in [4.69, 9.17) is 11.6 Å². The molecule has 4 aliphatic rings. The summed E-state index contributed by atoms with van der Waals surface area (Å²) in [6, 6.07) is 5.95. The van der Waals surface area contributed by atoms with Crippen molar-refractivity contribution in [2.75, 3.05) is 19.6 Å². The zero-order valence-electron chi connectivity index (χ0n) is 17.9. The third kappa shape index (κ3) is 5.17. The molecule has 0 spiro atoms. The Labute approximate surface area is 181 Å². The summed E-state index contributed by atoms with van der Waals surface area (Å²) in [5, 5.41) is 7.33. The molecule has 0 atom stereocenters. The maximum Gasteiger partial charge on any atom is 0.252 e. The first-order chi connectivity index (χ1) is 14.1. The predicted octanol–water partition coefficient (Wildman–Crippen LogP) is 5.61. The van der Waals surface area contributed by atoms with Crippen molar-refractivity contribution in [1.82, 2.24) is 10.6 Å². The Hall–Kier alpha value is -1.06. The summed E-state index contributed by atoms with van der Waals surface area (Å²) in [5.41, 5.74) is 2.21. The highest BCUT2D eigenvalue weighted by Crippen LogP contribution is 2.59. The predicted molar refractivity (Wildman–Crippen MR) is 120 cm³/mol. The molecule has 0 aromatic heterocycles. The van der Waals surface area contributed by atoms with Gasteiger partial charge in [-0.25, -0.2) is 0 Å². The monoisotopic (exact) mass is 416 g/mol. The molecule has 1 aromatic carbocycles. The van der Waals surface area contributed by atoms with Crippen molar-refractivity contribution in [3.05, 3.63) is 34.3 Å². The van der Waals surface area contributed by atoms with Gasteiger partial charge in [0.25, 0.3) is 5.91 Å². The fourth-order valence-electron chi connectivity index (χ4n) is 6.62. The minimum Gasteiger partial charge on any atom is -0.351 e. The van der Waals surface area contributed by atoms with Gasteiger partial charge in [0.1, 0.15) is 0 Å². The van der Waals surface area contributed by atoms with Gasteiger partial charge in [-0.05, 0) is 112 Å². The Morgan fingerprint density at radius 1 is 1.07 bits per heavy atom. The number of hydrogen-bond donors (Lipinski definition) is 2. The van der Waals surface area contributed by atoms with E-state index in [1.165, 1.54) is 56.9 Å². The number of halogens is 1. The van der Waals surface area contributed by atoms with Gasteiger partial charge in [0.15, 0.2) is 0 Å². The Balaban J connectivity index is 1.30. The number of nitrogens with one attached hydrogen (secondary N) is 2. The molecule has 160 valence electrons. The third-order valence-corrected chi connectivity index (χ3v) is 7.92. The lowest BCUT2D eigenvalue weighted by Crippen LogP contribution is -2.51. The van der Waals surface area contributed by atoms with Crippen molar-refractivity contribution < 1.29 is 4.79 Å². The van der Waals surface area contributed by atoms with Crippen molar-refractivity contribution in [2.24, 2.45) is 23.2 Å². The average molecular weight is 417 g/mol. The van der Waals surface area contributed by atoms with Crippen LogP contribution in [0.3, 0.4) is 0 Å². The maximum atomic E-state index is 13.0. The van der Waals surface area contributed by atoms with E-state index in [0.717, 1.165) is 50.2 Å². The van der Waals surface area contributed by atoms with Crippen LogP contribution in [0, 0.1) is 23.2 Å². The van der Waals surface area contributed by atoms with E-state index < -0.39 is 0 Å². The number of hydrogen-bond acceptors (Lipinski definition) is 2.